The maximum Gasteiger partial charge on any atom is 0.320 e. The molecule has 0 aromatic carbocycles. The summed E-state index contributed by atoms with van der Waals surface area (Å²) in [7, 11) is 0. The molecule has 0 N–H and O–H groups in total. The lowest BCUT2D eigenvalue weighted by atomic mass is 9.75. The van der Waals surface area contributed by atoms with Crippen molar-refractivity contribution in [2.24, 2.45) is 11.3 Å². The number of hydrogen-bond donors (Lipinski definition) is 0. The van der Waals surface area contributed by atoms with Gasteiger partial charge in [-0.15, -0.1) is 0 Å². The summed E-state index contributed by atoms with van der Waals surface area (Å²) in [6.45, 7) is 8.83. The Bertz CT molecular complexity index is 795. The molecule has 7 heteroatoms. The van der Waals surface area contributed by atoms with Gasteiger partial charge in [0.2, 0.25) is 5.91 Å². The number of rotatable bonds is 4. The van der Waals surface area contributed by atoms with Crippen molar-refractivity contribution >= 4 is 11.9 Å². The van der Waals surface area contributed by atoms with Gasteiger partial charge in [0.25, 0.3) is 0 Å². The topological polar surface area (TPSA) is 61.7 Å². The first-order chi connectivity index (χ1) is 14.0. The minimum Gasteiger partial charge on any atom is -0.342 e. The van der Waals surface area contributed by atoms with E-state index in [0.29, 0.717) is 25.0 Å². The lowest BCUT2D eigenvalue weighted by molar-refractivity contribution is -0.136. The van der Waals surface area contributed by atoms with Crippen LogP contribution in [0.15, 0.2) is 12.5 Å². The molecule has 1 spiro atoms. The zero-order valence-corrected chi connectivity index (χ0v) is 17.7. The molecule has 1 saturated carbocycles. The second-order valence-electron chi connectivity index (χ2n) is 9.85. The highest BCUT2D eigenvalue weighted by Crippen LogP contribution is 2.50. The van der Waals surface area contributed by atoms with E-state index in [1.165, 1.54) is 12.8 Å². The van der Waals surface area contributed by atoms with Crippen LogP contribution in [0.3, 0.4) is 0 Å². The van der Waals surface area contributed by atoms with E-state index in [1.807, 2.05) is 16.1 Å². The molecule has 29 heavy (non-hydrogen) atoms. The van der Waals surface area contributed by atoms with Crippen LogP contribution in [0.1, 0.15) is 63.6 Å². The molecule has 7 nitrogen and oxygen atoms in total. The first-order valence-electron chi connectivity index (χ1n) is 11.3. The molecule has 4 aliphatic rings. The Morgan fingerprint density at radius 1 is 1.21 bits per heavy atom. The molecule has 4 heterocycles. The highest BCUT2D eigenvalue weighted by molar-refractivity contribution is 5.88. The second kappa shape index (κ2) is 7.03. The molecule has 158 valence electrons. The summed E-state index contributed by atoms with van der Waals surface area (Å²) < 4.78 is 2.11. The predicted octanol–water partition coefficient (Wildman–Crippen LogP) is 2.71. The van der Waals surface area contributed by atoms with Crippen LogP contribution in [0.5, 0.6) is 0 Å². The van der Waals surface area contributed by atoms with E-state index in [1.54, 1.807) is 0 Å². The minimum atomic E-state index is -0.500. The van der Waals surface area contributed by atoms with E-state index >= 15 is 0 Å². The van der Waals surface area contributed by atoms with Gasteiger partial charge in [-0.3, -0.25) is 4.79 Å². The first kappa shape index (κ1) is 18.9. The Morgan fingerprint density at radius 3 is 2.62 bits per heavy atom. The summed E-state index contributed by atoms with van der Waals surface area (Å²) in [5, 5.41) is 0. The molecule has 1 aromatic heterocycles. The Kier molecular flexibility index (Phi) is 4.59. The van der Waals surface area contributed by atoms with E-state index in [-0.39, 0.29) is 17.9 Å². The average Bonchev–Trinajstić information content (AvgIpc) is 3.16. The van der Waals surface area contributed by atoms with Crippen LogP contribution in [0.25, 0.3) is 0 Å². The van der Waals surface area contributed by atoms with E-state index < -0.39 is 5.41 Å². The molecule has 4 fully saturated rings. The SMILES string of the molecule is CC(C)n1cnc([C@H]2CN(C(=O)N3CCCC3)C[C@@]23CCN(CC2CC2)C3=O)c1. The normalized spacial score (nSPS) is 29.8. The van der Waals surface area contributed by atoms with E-state index in [4.69, 9.17) is 4.98 Å². The molecule has 3 amide bonds. The molecule has 5 rings (SSSR count). The van der Waals surface area contributed by atoms with Crippen LogP contribution < -0.4 is 0 Å². The fraction of sp³-hybridized carbons (Fsp3) is 0.773. The maximum absolute atomic E-state index is 13.6. The zero-order valence-electron chi connectivity index (χ0n) is 17.7. The summed E-state index contributed by atoms with van der Waals surface area (Å²) in [6.07, 6.45) is 9.47. The van der Waals surface area contributed by atoms with E-state index in [9.17, 15) is 9.59 Å². The summed E-state index contributed by atoms with van der Waals surface area (Å²) in [5.41, 5.74) is 0.470. The fourth-order valence-corrected chi connectivity index (χ4v) is 5.47. The Morgan fingerprint density at radius 2 is 1.97 bits per heavy atom. The van der Waals surface area contributed by atoms with Gasteiger partial charge in [0, 0.05) is 57.4 Å². The first-order valence-corrected chi connectivity index (χ1v) is 11.3. The summed E-state index contributed by atoms with van der Waals surface area (Å²) in [4.78, 5) is 37.5. The van der Waals surface area contributed by atoms with Crippen molar-refractivity contribution in [2.75, 3.05) is 39.3 Å². The summed E-state index contributed by atoms with van der Waals surface area (Å²) in [6, 6.07) is 0.447. The van der Waals surface area contributed by atoms with Gasteiger partial charge < -0.3 is 19.3 Å². The largest absolute Gasteiger partial charge is 0.342 e. The third-order valence-electron chi connectivity index (χ3n) is 7.48. The molecule has 1 aromatic rings. The standard InChI is InChI=1S/C22H33N5O2/c1-16(2)27-13-19(23-15-27)18-12-26(21(29)24-8-3-4-9-24)14-22(18)7-10-25(20(22)28)11-17-5-6-17/h13,15-18H,3-12,14H2,1-2H3/t18-,22+/m1/s1. The number of likely N-dealkylation sites (tertiary alicyclic amines) is 3. The summed E-state index contributed by atoms with van der Waals surface area (Å²) in [5.74, 6) is 0.937. The molecule has 1 aliphatic carbocycles. The number of carbonyl (C=O) groups excluding carboxylic acids is 2. The molecule has 2 atom stereocenters. The van der Waals surface area contributed by atoms with Crippen molar-refractivity contribution in [3.05, 3.63) is 18.2 Å². The lowest BCUT2D eigenvalue weighted by Gasteiger charge is -2.28. The van der Waals surface area contributed by atoms with Crippen molar-refractivity contribution in [3.8, 4) is 0 Å². The molecule has 0 radical (unpaired) electrons. The smallest absolute Gasteiger partial charge is 0.320 e. The highest BCUT2D eigenvalue weighted by Gasteiger charge is 2.59. The number of hydrogen-bond acceptors (Lipinski definition) is 3. The van der Waals surface area contributed by atoms with Gasteiger partial charge >= 0.3 is 6.03 Å². The van der Waals surface area contributed by atoms with Crippen LogP contribution in [0.2, 0.25) is 0 Å². The number of nitrogens with zero attached hydrogens (tertiary/aromatic N) is 5. The predicted molar refractivity (Wildman–Crippen MR) is 109 cm³/mol. The van der Waals surface area contributed by atoms with E-state index in [0.717, 1.165) is 51.1 Å². The van der Waals surface area contributed by atoms with Gasteiger partial charge in [0.15, 0.2) is 0 Å². The number of urea groups is 1. The van der Waals surface area contributed by atoms with Gasteiger partial charge in [-0.25, -0.2) is 9.78 Å². The van der Waals surface area contributed by atoms with Crippen LogP contribution in [-0.2, 0) is 4.79 Å². The number of aromatic nitrogens is 2. The van der Waals surface area contributed by atoms with Crippen molar-refractivity contribution in [1.29, 1.82) is 0 Å². The van der Waals surface area contributed by atoms with Crippen LogP contribution in [-0.4, -0.2) is 75.5 Å². The van der Waals surface area contributed by atoms with Gasteiger partial charge in [-0.1, -0.05) is 0 Å². The Labute approximate surface area is 173 Å². The lowest BCUT2D eigenvalue weighted by Crippen LogP contribution is -2.43. The summed E-state index contributed by atoms with van der Waals surface area (Å²) >= 11 is 0. The van der Waals surface area contributed by atoms with Gasteiger partial charge in [0.05, 0.1) is 17.4 Å². The van der Waals surface area contributed by atoms with Gasteiger partial charge in [0.1, 0.15) is 0 Å². The number of imidazole rings is 1. The van der Waals surface area contributed by atoms with Crippen LogP contribution >= 0.6 is 0 Å². The minimum absolute atomic E-state index is 0.00856. The number of amides is 3. The van der Waals surface area contributed by atoms with Gasteiger partial charge in [-0.2, -0.15) is 0 Å². The third kappa shape index (κ3) is 3.22. The molecule has 3 saturated heterocycles. The van der Waals surface area contributed by atoms with Crippen molar-refractivity contribution in [1.82, 2.24) is 24.3 Å². The van der Waals surface area contributed by atoms with Crippen molar-refractivity contribution in [2.45, 2.75) is 57.9 Å². The van der Waals surface area contributed by atoms with Crippen LogP contribution in [0, 0.1) is 11.3 Å². The van der Waals surface area contributed by atoms with Crippen molar-refractivity contribution < 1.29 is 9.59 Å². The second-order valence-corrected chi connectivity index (χ2v) is 9.85. The van der Waals surface area contributed by atoms with Crippen molar-refractivity contribution in [3.63, 3.8) is 0 Å². The Hall–Kier alpha value is -2.05. The van der Waals surface area contributed by atoms with E-state index in [2.05, 4.69) is 29.5 Å². The maximum atomic E-state index is 13.6. The highest BCUT2D eigenvalue weighted by atomic mass is 16.2. The molecular weight excluding hydrogens is 366 g/mol. The van der Waals surface area contributed by atoms with Gasteiger partial charge in [-0.05, 0) is 51.9 Å². The molecular formula is C22H33N5O2. The fourth-order valence-electron chi connectivity index (χ4n) is 5.47. The van der Waals surface area contributed by atoms with Crippen LogP contribution in [0.4, 0.5) is 4.79 Å². The quantitative estimate of drug-likeness (QED) is 0.782. The monoisotopic (exact) mass is 399 g/mol. The number of carbonyl (C=O) groups is 2. The molecule has 0 bridgehead atoms. The average molecular weight is 400 g/mol. The zero-order chi connectivity index (χ0) is 20.2. The third-order valence-corrected chi connectivity index (χ3v) is 7.48. The molecule has 3 aliphatic heterocycles. The Balaban J connectivity index is 1.44. The molecule has 0 unspecified atom stereocenters.